The van der Waals surface area contributed by atoms with Gasteiger partial charge in [0.25, 0.3) is 0 Å². The molecule has 1 aliphatic heterocycles. The molecule has 1 atom stereocenters. The van der Waals surface area contributed by atoms with Crippen LogP contribution in [-0.4, -0.2) is 32.1 Å². The van der Waals surface area contributed by atoms with Crippen molar-refractivity contribution in [3.8, 4) is 0 Å². The van der Waals surface area contributed by atoms with E-state index in [2.05, 4.69) is 10.1 Å². The highest BCUT2D eigenvalue weighted by Crippen LogP contribution is 2.42. The zero-order valence-electron chi connectivity index (χ0n) is 8.69. The van der Waals surface area contributed by atoms with Crippen molar-refractivity contribution < 1.29 is 9.84 Å². The van der Waals surface area contributed by atoms with Gasteiger partial charge in [-0.25, -0.2) is 4.98 Å². The quantitative estimate of drug-likeness (QED) is 0.698. The van der Waals surface area contributed by atoms with E-state index in [0.717, 1.165) is 0 Å². The number of nitrogens with zero attached hydrogens (tertiary/aromatic N) is 3. The minimum atomic E-state index is -1.03. The van der Waals surface area contributed by atoms with Crippen molar-refractivity contribution in [3.05, 3.63) is 12.2 Å². The highest BCUT2D eigenvalue weighted by Gasteiger charge is 2.53. The Morgan fingerprint density at radius 3 is 2.71 bits per heavy atom. The molecule has 5 nitrogen and oxygen atoms in total. The Kier molecular flexibility index (Phi) is 1.90. The van der Waals surface area contributed by atoms with Crippen LogP contribution in [0.15, 0.2) is 6.33 Å². The average Bonchev–Trinajstić information content (AvgIpc) is 2.59. The van der Waals surface area contributed by atoms with Crippen LogP contribution in [0.5, 0.6) is 0 Å². The molecule has 0 radical (unpaired) electrons. The molecule has 78 valence electrons. The maximum Gasteiger partial charge on any atom is 0.161 e. The number of rotatable bonds is 1. The summed E-state index contributed by atoms with van der Waals surface area (Å²) >= 11 is 0. The second kappa shape index (κ2) is 2.77. The maximum atomic E-state index is 10.5. The number of hydrogen-bond acceptors (Lipinski definition) is 4. The predicted molar refractivity (Wildman–Crippen MR) is 49.5 cm³/mol. The van der Waals surface area contributed by atoms with Crippen molar-refractivity contribution in [2.24, 2.45) is 7.05 Å². The van der Waals surface area contributed by atoms with Gasteiger partial charge in [0.2, 0.25) is 0 Å². The summed E-state index contributed by atoms with van der Waals surface area (Å²) in [6, 6.07) is 0. The van der Waals surface area contributed by atoms with Crippen molar-refractivity contribution in [2.45, 2.75) is 31.5 Å². The zero-order chi connectivity index (χ0) is 10.4. The van der Waals surface area contributed by atoms with Gasteiger partial charge in [0, 0.05) is 13.5 Å². The first kappa shape index (κ1) is 9.61. The van der Waals surface area contributed by atoms with Gasteiger partial charge in [-0.1, -0.05) is 0 Å². The highest BCUT2D eigenvalue weighted by atomic mass is 16.5. The van der Waals surface area contributed by atoms with Crippen molar-refractivity contribution in [3.63, 3.8) is 0 Å². The lowest BCUT2D eigenvalue weighted by atomic mass is 9.85. The lowest BCUT2D eigenvalue weighted by Gasteiger charge is -2.33. The van der Waals surface area contributed by atoms with E-state index in [4.69, 9.17) is 4.74 Å². The van der Waals surface area contributed by atoms with Gasteiger partial charge >= 0.3 is 0 Å². The van der Waals surface area contributed by atoms with Gasteiger partial charge in [0.1, 0.15) is 6.33 Å². The molecule has 0 saturated carbocycles. The number of hydrogen-bond donors (Lipinski definition) is 1. The van der Waals surface area contributed by atoms with Gasteiger partial charge in [-0.3, -0.25) is 4.68 Å². The third kappa shape index (κ3) is 1.09. The van der Waals surface area contributed by atoms with E-state index in [1.54, 1.807) is 11.7 Å². The van der Waals surface area contributed by atoms with Crippen LogP contribution in [0.4, 0.5) is 0 Å². The third-order valence-corrected chi connectivity index (χ3v) is 3.00. The van der Waals surface area contributed by atoms with Crippen molar-refractivity contribution >= 4 is 0 Å². The van der Waals surface area contributed by atoms with Crippen molar-refractivity contribution in [2.75, 3.05) is 6.61 Å². The van der Waals surface area contributed by atoms with E-state index in [1.807, 2.05) is 13.8 Å². The summed E-state index contributed by atoms with van der Waals surface area (Å²) in [5.41, 5.74) is -1.63. The molecule has 1 N–H and O–H groups in total. The summed E-state index contributed by atoms with van der Waals surface area (Å²) in [5, 5.41) is 14.5. The topological polar surface area (TPSA) is 60.2 Å². The molecule has 1 fully saturated rings. The molecular formula is C9H15N3O2. The number of aliphatic hydroxyl groups is 1. The van der Waals surface area contributed by atoms with Crippen LogP contribution in [0, 0.1) is 0 Å². The smallest absolute Gasteiger partial charge is 0.161 e. The fourth-order valence-electron chi connectivity index (χ4n) is 1.93. The summed E-state index contributed by atoms with van der Waals surface area (Å²) < 4.78 is 7.10. The largest absolute Gasteiger partial charge is 0.379 e. The molecule has 0 amide bonds. The molecule has 0 bridgehead atoms. The number of ether oxygens (including phenoxy) is 1. The van der Waals surface area contributed by atoms with Crippen LogP contribution in [0.3, 0.4) is 0 Å². The van der Waals surface area contributed by atoms with Crippen molar-refractivity contribution in [1.82, 2.24) is 14.8 Å². The SMILES string of the molecule is Cn1ncnc1C1(O)CCOC1(C)C. The molecule has 0 aliphatic carbocycles. The number of aryl methyl sites for hydroxylation is 1. The standard InChI is InChI=1S/C9H15N3O2/c1-8(2)9(13,4-5-14-8)7-10-6-11-12(7)3/h6,13H,4-5H2,1-3H3. The van der Waals surface area contributed by atoms with Crippen LogP contribution >= 0.6 is 0 Å². The normalized spacial score (nSPS) is 30.9. The fraction of sp³-hybridized carbons (Fsp3) is 0.778. The maximum absolute atomic E-state index is 10.5. The second-order valence-corrected chi connectivity index (χ2v) is 4.18. The summed E-state index contributed by atoms with van der Waals surface area (Å²) in [6.45, 7) is 4.29. The minimum Gasteiger partial charge on any atom is -0.379 e. The molecule has 1 aromatic rings. The van der Waals surface area contributed by atoms with E-state index in [-0.39, 0.29) is 0 Å². The monoisotopic (exact) mass is 197 g/mol. The molecule has 1 saturated heterocycles. The Balaban J connectivity index is 2.47. The molecular weight excluding hydrogens is 182 g/mol. The molecule has 1 unspecified atom stereocenters. The van der Waals surface area contributed by atoms with E-state index < -0.39 is 11.2 Å². The van der Waals surface area contributed by atoms with Gasteiger partial charge in [-0.2, -0.15) is 5.10 Å². The Labute approximate surface area is 82.7 Å². The van der Waals surface area contributed by atoms with Crippen LogP contribution in [-0.2, 0) is 17.4 Å². The molecule has 2 heterocycles. The third-order valence-electron chi connectivity index (χ3n) is 3.00. The van der Waals surface area contributed by atoms with E-state index in [0.29, 0.717) is 18.9 Å². The number of aromatic nitrogens is 3. The van der Waals surface area contributed by atoms with Gasteiger partial charge < -0.3 is 9.84 Å². The molecule has 1 aliphatic rings. The lowest BCUT2D eigenvalue weighted by molar-refractivity contribution is -0.109. The zero-order valence-corrected chi connectivity index (χ0v) is 8.69. The molecule has 2 rings (SSSR count). The Morgan fingerprint density at radius 1 is 1.57 bits per heavy atom. The van der Waals surface area contributed by atoms with Crippen LogP contribution in [0.25, 0.3) is 0 Å². The van der Waals surface area contributed by atoms with Gasteiger partial charge in [0.15, 0.2) is 11.4 Å². The first-order valence-corrected chi connectivity index (χ1v) is 4.68. The first-order valence-electron chi connectivity index (χ1n) is 4.68. The van der Waals surface area contributed by atoms with Gasteiger partial charge in [-0.05, 0) is 13.8 Å². The molecule has 14 heavy (non-hydrogen) atoms. The van der Waals surface area contributed by atoms with Crippen LogP contribution < -0.4 is 0 Å². The van der Waals surface area contributed by atoms with Crippen LogP contribution in [0.1, 0.15) is 26.1 Å². The van der Waals surface area contributed by atoms with Gasteiger partial charge in [0.05, 0.1) is 12.2 Å². The summed E-state index contributed by atoms with van der Waals surface area (Å²) in [4.78, 5) is 4.09. The molecule has 5 heteroatoms. The molecule has 0 spiro atoms. The Hall–Kier alpha value is -0.940. The Bertz CT molecular complexity index is 348. The summed E-state index contributed by atoms with van der Waals surface area (Å²) in [6.07, 6.45) is 2.01. The molecule has 0 aromatic carbocycles. The van der Waals surface area contributed by atoms with Crippen LogP contribution in [0.2, 0.25) is 0 Å². The lowest BCUT2D eigenvalue weighted by Crippen LogP contribution is -2.45. The Morgan fingerprint density at radius 2 is 2.29 bits per heavy atom. The fourth-order valence-corrected chi connectivity index (χ4v) is 1.93. The first-order chi connectivity index (χ1) is 6.47. The highest BCUT2D eigenvalue weighted by molar-refractivity contribution is 5.12. The van der Waals surface area contributed by atoms with E-state index >= 15 is 0 Å². The molecule has 1 aromatic heterocycles. The summed E-state index contributed by atoms with van der Waals surface area (Å²) in [7, 11) is 1.77. The van der Waals surface area contributed by atoms with E-state index in [1.165, 1.54) is 6.33 Å². The average molecular weight is 197 g/mol. The minimum absolute atomic E-state index is 0.552. The second-order valence-electron chi connectivity index (χ2n) is 4.18. The van der Waals surface area contributed by atoms with Gasteiger partial charge in [-0.15, -0.1) is 0 Å². The summed E-state index contributed by atoms with van der Waals surface area (Å²) in [5.74, 6) is 0.569. The predicted octanol–water partition coefficient (Wildman–Crippen LogP) is 0.202. The van der Waals surface area contributed by atoms with Crippen molar-refractivity contribution in [1.29, 1.82) is 0 Å². The van der Waals surface area contributed by atoms with E-state index in [9.17, 15) is 5.11 Å².